The summed E-state index contributed by atoms with van der Waals surface area (Å²) in [4.78, 5) is 31.0. The molecule has 29 heavy (non-hydrogen) atoms. The number of piperazine rings is 1. The first-order chi connectivity index (χ1) is 14.0. The first-order valence-corrected chi connectivity index (χ1v) is 10.0. The Bertz CT molecular complexity index is 840. The molecule has 2 heterocycles. The van der Waals surface area contributed by atoms with E-state index in [1.165, 1.54) is 0 Å². The summed E-state index contributed by atoms with van der Waals surface area (Å²) < 4.78 is 11.1. The Balaban J connectivity index is 1.50. The van der Waals surface area contributed by atoms with Crippen LogP contribution < -0.4 is 4.74 Å². The number of nitrogens with zero attached hydrogens (tertiary/aromatic N) is 3. The molecule has 0 N–H and O–H groups in total. The van der Waals surface area contributed by atoms with Gasteiger partial charge in [-0.3, -0.25) is 14.5 Å². The van der Waals surface area contributed by atoms with Gasteiger partial charge in [0.15, 0.2) is 0 Å². The van der Waals surface area contributed by atoms with Crippen LogP contribution in [-0.2, 0) is 11.3 Å². The molecule has 0 radical (unpaired) electrons. The molecule has 0 unspecified atom stereocenters. The van der Waals surface area contributed by atoms with Crippen LogP contribution in [0.4, 0.5) is 0 Å². The summed E-state index contributed by atoms with van der Waals surface area (Å²) in [7, 11) is 1.78. The number of furan rings is 1. The van der Waals surface area contributed by atoms with E-state index in [0.717, 1.165) is 11.5 Å². The first-order valence-electron chi connectivity index (χ1n) is 10.0. The third-order valence-electron chi connectivity index (χ3n) is 5.05. The topological polar surface area (TPSA) is 66.2 Å². The third kappa shape index (κ3) is 5.38. The van der Waals surface area contributed by atoms with Gasteiger partial charge >= 0.3 is 0 Å². The number of carbonyl (C=O) groups is 2. The SMILES string of the molecule is CCOc1ccccc1C(=O)N1CCN(CC(=O)N(C)Cc2ccc(C)o2)CC1. The normalized spacial score (nSPS) is 14.7. The fraction of sp³-hybridized carbons (Fsp3) is 0.455. The highest BCUT2D eigenvalue weighted by molar-refractivity contribution is 5.97. The summed E-state index contributed by atoms with van der Waals surface area (Å²) in [6, 6.07) is 11.1. The van der Waals surface area contributed by atoms with Gasteiger partial charge in [0.25, 0.3) is 5.91 Å². The minimum atomic E-state index is -0.0228. The Morgan fingerprint density at radius 2 is 1.83 bits per heavy atom. The quantitative estimate of drug-likeness (QED) is 0.715. The second-order valence-electron chi connectivity index (χ2n) is 7.26. The molecule has 0 aliphatic carbocycles. The number of likely N-dealkylation sites (N-methyl/N-ethyl adjacent to an activating group) is 1. The number of benzene rings is 1. The van der Waals surface area contributed by atoms with Crippen LogP contribution in [-0.4, -0.2) is 72.9 Å². The predicted octanol–water partition coefficient (Wildman–Crippen LogP) is 2.40. The van der Waals surface area contributed by atoms with Crippen molar-refractivity contribution in [2.24, 2.45) is 0 Å². The fourth-order valence-electron chi connectivity index (χ4n) is 3.41. The van der Waals surface area contributed by atoms with Crippen LogP contribution in [0.15, 0.2) is 40.8 Å². The van der Waals surface area contributed by atoms with Gasteiger partial charge in [-0.1, -0.05) is 12.1 Å². The lowest BCUT2D eigenvalue weighted by Gasteiger charge is -2.35. The number of hydrogen-bond acceptors (Lipinski definition) is 5. The molecule has 2 amide bonds. The Morgan fingerprint density at radius 1 is 1.10 bits per heavy atom. The molecule has 3 rings (SSSR count). The highest BCUT2D eigenvalue weighted by Gasteiger charge is 2.25. The van der Waals surface area contributed by atoms with E-state index in [-0.39, 0.29) is 11.8 Å². The summed E-state index contributed by atoms with van der Waals surface area (Å²) >= 11 is 0. The average molecular weight is 399 g/mol. The smallest absolute Gasteiger partial charge is 0.257 e. The lowest BCUT2D eigenvalue weighted by atomic mass is 10.1. The standard InChI is InChI=1S/C22H29N3O4/c1-4-28-20-8-6-5-7-19(20)22(27)25-13-11-24(12-14-25)16-21(26)23(3)15-18-10-9-17(2)29-18/h5-10H,4,11-16H2,1-3H3. The molecule has 1 aliphatic heterocycles. The van der Waals surface area contributed by atoms with Gasteiger partial charge in [0, 0.05) is 33.2 Å². The lowest BCUT2D eigenvalue weighted by Crippen LogP contribution is -2.51. The summed E-state index contributed by atoms with van der Waals surface area (Å²) in [6.45, 7) is 7.63. The minimum absolute atomic E-state index is 0.0228. The number of rotatable bonds is 7. The van der Waals surface area contributed by atoms with Gasteiger partial charge in [0.2, 0.25) is 5.91 Å². The molecule has 1 aliphatic rings. The third-order valence-corrected chi connectivity index (χ3v) is 5.05. The van der Waals surface area contributed by atoms with E-state index < -0.39 is 0 Å². The summed E-state index contributed by atoms with van der Waals surface area (Å²) in [5.74, 6) is 2.26. The zero-order valence-corrected chi connectivity index (χ0v) is 17.4. The molecular weight excluding hydrogens is 370 g/mol. The molecule has 0 bridgehead atoms. The number of aryl methyl sites for hydroxylation is 1. The summed E-state index contributed by atoms with van der Waals surface area (Å²) in [5, 5.41) is 0. The summed E-state index contributed by atoms with van der Waals surface area (Å²) in [5.41, 5.74) is 0.590. The maximum Gasteiger partial charge on any atom is 0.257 e. The second kappa shape index (κ2) is 9.60. The number of hydrogen-bond donors (Lipinski definition) is 0. The Morgan fingerprint density at radius 3 is 2.48 bits per heavy atom. The molecule has 7 heteroatoms. The van der Waals surface area contributed by atoms with Crippen molar-refractivity contribution in [2.45, 2.75) is 20.4 Å². The molecule has 0 atom stereocenters. The number of para-hydroxylation sites is 1. The minimum Gasteiger partial charge on any atom is -0.493 e. The zero-order chi connectivity index (χ0) is 20.8. The van der Waals surface area contributed by atoms with Gasteiger partial charge in [-0.2, -0.15) is 0 Å². The van der Waals surface area contributed by atoms with E-state index >= 15 is 0 Å². The van der Waals surface area contributed by atoms with E-state index in [0.29, 0.717) is 57.2 Å². The van der Waals surface area contributed by atoms with E-state index in [1.807, 2.05) is 49.1 Å². The van der Waals surface area contributed by atoms with Crippen LogP contribution in [0.2, 0.25) is 0 Å². The van der Waals surface area contributed by atoms with E-state index in [9.17, 15) is 9.59 Å². The van der Waals surface area contributed by atoms with Crippen LogP contribution in [0, 0.1) is 6.92 Å². The zero-order valence-electron chi connectivity index (χ0n) is 17.4. The van der Waals surface area contributed by atoms with Crippen LogP contribution in [0.5, 0.6) is 5.75 Å². The van der Waals surface area contributed by atoms with E-state index in [1.54, 1.807) is 18.0 Å². The van der Waals surface area contributed by atoms with Crippen molar-refractivity contribution in [3.63, 3.8) is 0 Å². The van der Waals surface area contributed by atoms with E-state index in [4.69, 9.17) is 9.15 Å². The second-order valence-corrected chi connectivity index (χ2v) is 7.26. The van der Waals surface area contributed by atoms with Crippen LogP contribution in [0.1, 0.15) is 28.8 Å². The van der Waals surface area contributed by atoms with Gasteiger partial charge < -0.3 is 19.0 Å². The highest BCUT2D eigenvalue weighted by atomic mass is 16.5. The first kappa shape index (κ1) is 20.9. The van der Waals surface area contributed by atoms with Crippen LogP contribution in [0.3, 0.4) is 0 Å². The van der Waals surface area contributed by atoms with Gasteiger partial charge in [0.05, 0.1) is 25.3 Å². The molecule has 1 aromatic carbocycles. The van der Waals surface area contributed by atoms with Gasteiger partial charge in [-0.15, -0.1) is 0 Å². The molecule has 0 spiro atoms. The molecule has 1 fully saturated rings. The summed E-state index contributed by atoms with van der Waals surface area (Å²) in [6.07, 6.45) is 0. The molecule has 156 valence electrons. The molecule has 0 saturated carbocycles. The van der Waals surface area contributed by atoms with Gasteiger partial charge in [-0.25, -0.2) is 0 Å². The van der Waals surface area contributed by atoms with Crippen LogP contribution in [0.25, 0.3) is 0 Å². The highest BCUT2D eigenvalue weighted by Crippen LogP contribution is 2.20. The van der Waals surface area contributed by atoms with Gasteiger partial charge in [-0.05, 0) is 38.1 Å². The van der Waals surface area contributed by atoms with Crippen molar-refractivity contribution in [3.8, 4) is 5.75 Å². The van der Waals surface area contributed by atoms with Crippen molar-refractivity contribution in [2.75, 3.05) is 46.4 Å². The molecule has 1 saturated heterocycles. The number of carbonyl (C=O) groups excluding carboxylic acids is 2. The molecule has 1 aromatic heterocycles. The van der Waals surface area contributed by atoms with Crippen molar-refractivity contribution < 1.29 is 18.7 Å². The van der Waals surface area contributed by atoms with Gasteiger partial charge in [0.1, 0.15) is 17.3 Å². The Hall–Kier alpha value is -2.80. The predicted molar refractivity (Wildman–Crippen MR) is 110 cm³/mol. The Labute approximate surface area is 171 Å². The maximum absolute atomic E-state index is 12.9. The molecule has 7 nitrogen and oxygen atoms in total. The van der Waals surface area contributed by atoms with Crippen LogP contribution >= 0.6 is 0 Å². The van der Waals surface area contributed by atoms with E-state index in [2.05, 4.69) is 4.90 Å². The van der Waals surface area contributed by atoms with Crippen molar-refractivity contribution >= 4 is 11.8 Å². The monoisotopic (exact) mass is 399 g/mol. The molecular formula is C22H29N3O4. The lowest BCUT2D eigenvalue weighted by molar-refractivity contribution is -0.132. The largest absolute Gasteiger partial charge is 0.493 e. The van der Waals surface area contributed by atoms with Crippen molar-refractivity contribution in [1.82, 2.24) is 14.7 Å². The Kier molecular flexibility index (Phi) is 6.93. The van der Waals surface area contributed by atoms with Crippen molar-refractivity contribution in [3.05, 3.63) is 53.5 Å². The molecule has 2 aromatic rings. The fourth-order valence-corrected chi connectivity index (χ4v) is 3.41. The number of ether oxygens (including phenoxy) is 1. The average Bonchev–Trinajstić information content (AvgIpc) is 3.13. The number of amides is 2. The maximum atomic E-state index is 12.9. The van der Waals surface area contributed by atoms with Crippen molar-refractivity contribution in [1.29, 1.82) is 0 Å².